The Kier molecular flexibility index (Phi) is 6.71. The summed E-state index contributed by atoms with van der Waals surface area (Å²) in [6.07, 6.45) is 2.32. The van der Waals surface area contributed by atoms with Crippen molar-refractivity contribution < 1.29 is 18.8 Å². The third-order valence-electron chi connectivity index (χ3n) is 7.09. The van der Waals surface area contributed by atoms with Crippen LogP contribution in [0.4, 0.5) is 0 Å². The molecule has 0 aliphatic carbocycles. The molecule has 1 aromatic heterocycles. The van der Waals surface area contributed by atoms with Gasteiger partial charge in [-0.1, -0.05) is 35.0 Å². The molecule has 0 saturated carbocycles. The highest BCUT2D eigenvalue weighted by Crippen LogP contribution is 2.41. The number of nitrogens with one attached hydrogen (secondary N) is 1. The average molecular weight is 491 g/mol. The van der Waals surface area contributed by atoms with Gasteiger partial charge in [0.15, 0.2) is 0 Å². The van der Waals surface area contributed by atoms with Gasteiger partial charge < -0.3 is 19.3 Å². The number of aryl methyl sites for hydroxylation is 1. The monoisotopic (exact) mass is 490 g/mol. The Bertz CT molecular complexity index is 1210. The molecule has 0 spiro atoms. The molecule has 190 valence electrons. The molecule has 5 rings (SSSR count). The van der Waals surface area contributed by atoms with E-state index >= 15 is 0 Å². The zero-order chi connectivity index (χ0) is 25.3. The van der Waals surface area contributed by atoms with Crippen molar-refractivity contribution in [2.24, 2.45) is 5.92 Å². The molecule has 36 heavy (non-hydrogen) atoms. The molecular weight excluding hydrogens is 456 g/mol. The van der Waals surface area contributed by atoms with E-state index in [2.05, 4.69) is 41.1 Å². The summed E-state index contributed by atoms with van der Waals surface area (Å²) in [5.41, 5.74) is 2.77. The molecule has 1 amide bonds. The molecular formula is C28H34N4O4. The number of carbonyl (C=O) groups is 1. The van der Waals surface area contributed by atoms with Crippen LogP contribution in [-0.2, 0) is 11.3 Å². The molecule has 1 unspecified atom stereocenters. The van der Waals surface area contributed by atoms with Crippen LogP contribution in [0.2, 0.25) is 0 Å². The van der Waals surface area contributed by atoms with E-state index in [1.165, 1.54) is 5.56 Å². The van der Waals surface area contributed by atoms with E-state index in [4.69, 9.17) is 14.0 Å². The molecule has 8 heteroatoms. The number of methoxy groups -OCH3 is 1. The molecule has 1 saturated heterocycles. The summed E-state index contributed by atoms with van der Waals surface area (Å²) < 4.78 is 17.0. The van der Waals surface area contributed by atoms with Crippen molar-refractivity contribution in [2.45, 2.75) is 58.2 Å². The third-order valence-corrected chi connectivity index (χ3v) is 7.09. The number of piperidine rings is 1. The molecule has 1 fully saturated rings. The van der Waals surface area contributed by atoms with Crippen molar-refractivity contribution >= 4 is 5.91 Å². The number of ether oxygens (including phenoxy) is 2. The van der Waals surface area contributed by atoms with Crippen molar-refractivity contribution in [3.8, 4) is 22.9 Å². The number of hydrogen-bond donors (Lipinski definition) is 1. The summed E-state index contributed by atoms with van der Waals surface area (Å²) in [7, 11) is 1.64. The summed E-state index contributed by atoms with van der Waals surface area (Å²) in [4.78, 5) is 20.1. The molecule has 2 aromatic carbocycles. The summed E-state index contributed by atoms with van der Waals surface area (Å²) in [5, 5.41) is 7.44. The van der Waals surface area contributed by atoms with Gasteiger partial charge in [0.2, 0.25) is 17.6 Å². The second-order valence-electron chi connectivity index (χ2n) is 10.5. The predicted octanol–water partition coefficient (Wildman–Crippen LogP) is 4.68. The highest BCUT2D eigenvalue weighted by molar-refractivity contribution is 5.79. The van der Waals surface area contributed by atoms with Gasteiger partial charge in [0.25, 0.3) is 0 Å². The maximum Gasteiger partial charge on any atom is 0.241 e. The van der Waals surface area contributed by atoms with E-state index in [9.17, 15) is 4.79 Å². The second kappa shape index (κ2) is 9.93. The smallest absolute Gasteiger partial charge is 0.241 e. The van der Waals surface area contributed by atoms with Crippen LogP contribution >= 0.6 is 0 Å². The molecule has 1 atom stereocenters. The first-order chi connectivity index (χ1) is 17.3. The number of aromatic nitrogens is 2. The Balaban J connectivity index is 1.16. The van der Waals surface area contributed by atoms with Gasteiger partial charge in [-0.2, -0.15) is 4.98 Å². The molecule has 8 nitrogen and oxygen atoms in total. The Labute approximate surface area is 212 Å². The van der Waals surface area contributed by atoms with Crippen LogP contribution in [0, 0.1) is 12.8 Å². The number of likely N-dealkylation sites (tertiary alicyclic amines) is 1. The zero-order valence-electron chi connectivity index (χ0n) is 21.4. The number of carbonyl (C=O) groups excluding carboxylic acids is 1. The van der Waals surface area contributed by atoms with Crippen molar-refractivity contribution in [2.75, 3.05) is 20.2 Å². The first kappa shape index (κ1) is 24.3. The van der Waals surface area contributed by atoms with Gasteiger partial charge in [0.05, 0.1) is 19.7 Å². The standard InChI is InChI=1S/C28H34N4O4/c1-18-5-7-19(8-6-18)26-30-25(36-31-26)17-32-13-11-20(12-14-32)27(33)29-23-16-28(2,3)35-24-15-21(34-4)9-10-22(23)24/h5-10,15,20,23H,11-14,16-17H2,1-4H3,(H,29,33). The van der Waals surface area contributed by atoms with Crippen LogP contribution in [0.3, 0.4) is 0 Å². The average Bonchev–Trinajstić information content (AvgIpc) is 3.32. The lowest BCUT2D eigenvalue weighted by atomic mass is 9.88. The minimum atomic E-state index is -0.373. The summed E-state index contributed by atoms with van der Waals surface area (Å²) in [6, 6.07) is 13.8. The van der Waals surface area contributed by atoms with Gasteiger partial charge in [0.1, 0.15) is 17.1 Å². The number of nitrogens with zero attached hydrogens (tertiary/aromatic N) is 3. The normalized spacial score (nSPS) is 19.8. The van der Waals surface area contributed by atoms with Crippen LogP contribution in [0.1, 0.15) is 56.2 Å². The third kappa shape index (κ3) is 5.38. The number of hydrogen-bond acceptors (Lipinski definition) is 7. The summed E-state index contributed by atoms with van der Waals surface area (Å²) in [5.74, 6) is 2.83. The fraction of sp³-hybridized carbons (Fsp3) is 0.464. The zero-order valence-corrected chi connectivity index (χ0v) is 21.4. The molecule has 3 heterocycles. The fourth-order valence-electron chi connectivity index (χ4n) is 5.06. The van der Waals surface area contributed by atoms with E-state index in [1.807, 2.05) is 42.5 Å². The number of benzene rings is 2. The Morgan fingerprint density at radius 3 is 2.64 bits per heavy atom. The van der Waals surface area contributed by atoms with Gasteiger partial charge in [-0.05, 0) is 58.8 Å². The Morgan fingerprint density at radius 1 is 1.17 bits per heavy atom. The van der Waals surface area contributed by atoms with Crippen molar-refractivity contribution in [1.82, 2.24) is 20.4 Å². The van der Waals surface area contributed by atoms with E-state index in [1.54, 1.807) is 7.11 Å². The molecule has 0 radical (unpaired) electrons. The fourth-order valence-corrected chi connectivity index (χ4v) is 5.06. The van der Waals surface area contributed by atoms with Crippen LogP contribution < -0.4 is 14.8 Å². The highest BCUT2D eigenvalue weighted by Gasteiger charge is 2.36. The van der Waals surface area contributed by atoms with Crippen LogP contribution in [0.25, 0.3) is 11.4 Å². The maximum atomic E-state index is 13.2. The number of amides is 1. The maximum absolute atomic E-state index is 13.2. The van der Waals surface area contributed by atoms with E-state index in [0.29, 0.717) is 18.3 Å². The van der Waals surface area contributed by atoms with Gasteiger partial charge in [-0.25, -0.2) is 0 Å². The summed E-state index contributed by atoms with van der Waals surface area (Å²) >= 11 is 0. The van der Waals surface area contributed by atoms with Crippen LogP contribution in [0.15, 0.2) is 47.0 Å². The Hall–Kier alpha value is -3.39. The number of fused-ring (bicyclic) bond motifs is 1. The molecule has 3 aromatic rings. The predicted molar refractivity (Wildman–Crippen MR) is 136 cm³/mol. The van der Waals surface area contributed by atoms with Crippen LogP contribution in [-0.4, -0.2) is 46.7 Å². The van der Waals surface area contributed by atoms with Crippen LogP contribution in [0.5, 0.6) is 11.5 Å². The van der Waals surface area contributed by atoms with Crippen molar-refractivity contribution in [3.63, 3.8) is 0 Å². The van der Waals surface area contributed by atoms with E-state index in [-0.39, 0.29) is 23.5 Å². The topological polar surface area (TPSA) is 89.7 Å². The highest BCUT2D eigenvalue weighted by atomic mass is 16.5. The molecule has 0 bridgehead atoms. The van der Waals surface area contributed by atoms with E-state index < -0.39 is 0 Å². The number of rotatable bonds is 6. The lowest BCUT2D eigenvalue weighted by molar-refractivity contribution is -0.127. The van der Waals surface area contributed by atoms with Gasteiger partial charge in [0, 0.05) is 29.5 Å². The minimum Gasteiger partial charge on any atom is -0.497 e. The second-order valence-corrected chi connectivity index (χ2v) is 10.5. The molecule has 1 N–H and O–H groups in total. The molecule has 2 aliphatic heterocycles. The lowest BCUT2D eigenvalue weighted by Crippen LogP contribution is -2.45. The minimum absolute atomic E-state index is 0.0142. The first-order valence-corrected chi connectivity index (χ1v) is 12.6. The Morgan fingerprint density at radius 2 is 1.92 bits per heavy atom. The van der Waals surface area contributed by atoms with Gasteiger partial charge in [-0.15, -0.1) is 0 Å². The lowest BCUT2D eigenvalue weighted by Gasteiger charge is -2.39. The van der Waals surface area contributed by atoms with Crippen molar-refractivity contribution in [3.05, 3.63) is 59.5 Å². The SMILES string of the molecule is COc1ccc2c(c1)OC(C)(C)CC2NC(=O)C1CCN(Cc2nc(-c3ccc(C)cc3)no2)CC1. The molecule has 2 aliphatic rings. The summed E-state index contributed by atoms with van der Waals surface area (Å²) in [6.45, 7) is 8.37. The van der Waals surface area contributed by atoms with Gasteiger partial charge >= 0.3 is 0 Å². The quantitative estimate of drug-likeness (QED) is 0.536. The van der Waals surface area contributed by atoms with Crippen molar-refractivity contribution in [1.29, 1.82) is 0 Å². The van der Waals surface area contributed by atoms with E-state index in [0.717, 1.165) is 55.0 Å². The largest absolute Gasteiger partial charge is 0.497 e. The van der Waals surface area contributed by atoms with Gasteiger partial charge in [-0.3, -0.25) is 9.69 Å². The first-order valence-electron chi connectivity index (χ1n) is 12.6.